The van der Waals surface area contributed by atoms with Gasteiger partial charge in [-0.3, -0.25) is 4.79 Å². The average Bonchev–Trinajstić information content (AvgIpc) is 2.58. The van der Waals surface area contributed by atoms with Gasteiger partial charge in [0, 0.05) is 33.8 Å². The zero-order valence-electron chi connectivity index (χ0n) is 13.4. The van der Waals surface area contributed by atoms with E-state index in [-0.39, 0.29) is 11.7 Å². The number of carbonyl (C=O) groups is 1. The minimum Gasteiger partial charge on any atom is -0.355 e. The van der Waals surface area contributed by atoms with Crippen molar-refractivity contribution in [3.05, 3.63) is 69.5 Å². The van der Waals surface area contributed by atoms with Crippen LogP contribution >= 0.6 is 46.7 Å². The van der Waals surface area contributed by atoms with E-state index in [1.54, 1.807) is 23.9 Å². The summed E-state index contributed by atoms with van der Waals surface area (Å²) in [6, 6.07) is 12.3. The Labute approximate surface area is 165 Å². The van der Waals surface area contributed by atoms with Gasteiger partial charge in [0.2, 0.25) is 5.91 Å². The zero-order chi connectivity index (χ0) is 18.1. The fraction of sp³-hybridized carbons (Fsp3) is 0.278. The van der Waals surface area contributed by atoms with E-state index in [9.17, 15) is 9.18 Å². The second kappa shape index (κ2) is 11.0. The van der Waals surface area contributed by atoms with Crippen LogP contribution in [0.4, 0.5) is 4.39 Å². The van der Waals surface area contributed by atoms with Gasteiger partial charge in [-0.1, -0.05) is 47.5 Å². The van der Waals surface area contributed by atoms with Crippen LogP contribution in [0.5, 0.6) is 0 Å². The van der Waals surface area contributed by atoms with Crippen LogP contribution in [0.15, 0.2) is 42.5 Å². The standard InChI is InChI=1S/C18H18Cl2FNOS2/c19-15-6-5-14(17(21)9-15)11-25-12-18(23)22-7-8-24-10-13-3-1-2-4-16(13)20/h1-6,9H,7-8,10-12H2,(H,22,23). The molecule has 0 aromatic heterocycles. The van der Waals surface area contributed by atoms with Crippen molar-refractivity contribution in [3.8, 4) is 0 Å². The van der Waals surface area contributed by atoms with Crippen LogP contribution in [0.2, 0.25) is 10.0 Å². The van der Waals surface area contributed by atoms with E-state index in [1.807, 2.05) is 24.3 Å². The maximum Gasteiger partial charge on any atom is 0.230 e. The lowest BCUT2D eigenvalue weighted by molar-refractivity contribution is -0.118. The first-order chi connectivity index (χ1) is 12.1. The van der Waals surface area contributed by atoms with Crippen molar-refractivity contribution in [2.75, 3.05) is 18.1 Å². The molecule has 0 radical (unpaired) electrons. The molecule has 2 aromatic carbocycles. The van der Waals surface area contributed by atoms with Crippen molar-refractivity contribution in [1.29, 1.82) is 0 Å². The second-order valence-corrected chi connectivity index (χ2v) is 8.16. The molecular weight excluding hydrogens is 400 g/mol. The highest BCUT2D eigenvalue weighted by atomic mass is 35.5. The minimum atomic E-state index is -0.337. The van der Waals surface area contributed by atoms with Crippen molar-refractivity contribution >= 4 is 52.6 Å². The summed E-state index contributed by atoms with van der Waals surface area (Å²) >= 11 is 14.9. The summed E-state index contributed by atoms with van der Waals surface area (Å²) in [6.45, 7) is 0.601. The fourth-order valence-electron chi connectivity index (χ4n) is 2.00. The molecule has 1 amide bonds. The second-order valence-electron chi connectivity index (χ2n) is 5.22. The van der Waals surface area contributed by atoms with Crippen LogP contribution in [0.3, 0.4) is 0 Å². The quantitative estimate of drug-likeness (QED) is 0.552. The van der Waals surface area contributed by atoms with Crippen LogP contribution in [0, 0.1) is 5.82 Å². The number of halogens is 3. The van der Waals surface area contributed by atoms with Crippen molar-refractivity contribution in [2.24, 2.45) is 0 Å². The topological polar surface area (TPSA) is 29.1 Å². The predicted octanol–water partition coefficient (Wildman–Crippen LogP) is 5.42. The van der Waals surface area contributed by atoms with Gasteiger partial charge < -0.3 is 5.32 Å². The monoisotopic (exact) mass is 417 g/mol. The van der Waals surface area contributed by atoms with E-state index in [4.69, 9.17) is 23.2 Å². The number of hydrogen-bond acceptors (Lipinski definition) is 3. The zero-order valence-corrected chi connectivity index (χ0v) is 16.6. The number of rotatable bonds is 9. The van der Waals surface area contributed by atoms with E-state index < -0.39 is 0 Å². The molecule has 0 heterocycles. The van der Waals surface area contributed by atoms with Gasteiger partial charge in [0.25, 0.3) is 0 Å². The van der Waals surface area contributed by atoms with E-state index in [0.29, 0.717) is 28.6 Å². The Balaban J connectivity index is 1.57. The number of amides is 1. The fourth-order valence-corrected chi connectivity index (χ4v) is 4.15. The van der Waals surface area contributed by atoms with Crippen molar-refractivity contribution in [2.45, 2.75) is 11.5 Å². The van der Waals surface area contributed by atoms with Crippen LogP contribution in [0.1, 0.15) is 11.1 Å². The lowest BCUT2D eigenvalue weighted by Gasteiger charge is -2.07. The van der Waals surface area contributed by atoms with E-state index >= 15 is 0 Å². The Morgan fingerprint density at radius 2 is 1.80 bits per heavy atom. The molecule has 0 spiro atoms. The average molecular weight is 418 g/mol. The van der Waals surface area contributed by atoms with E-state index in [2.05, 4.69) is 5.32 Å². The van der Waals surface area contributed by atoms with Crippen LogP contribution in [-0.4, -0.2) is 24.0 Å². The molecule has 0 fully saturated rings. The van der Waals surface area contributed by atoms with Gasteiger partial charge >= 0.3 is 0 Å². The molecule has 0 aliphatic heterocycles. The summed E-state index contributed by atoms with van der Waals surface area (Å²) in [5.74, 6) is 2.00. The van der Waals surface area contributed by atoms with Gasteiger partial charge in [0.1, 0.15) is 5.82 Å². The summed E-state index contributed by atoms with van der Waals surface area (Å²) < 4.78 is 13.6. The first-order valence-corrected chi connectivity index (χ1v) is 10.7. The predicted molar refractivity (Wildman–Crippen MR) is 108 cm³/mol. The van der Waals surface area contributed by atoms with Gasteiger partial charge in [-0.15, -0.1) is 11.8 Å². The van der Waals surface area contributed by atoms with Crippen molar-refractivity contribution in [1.82, 2.24) is 5.32 Å². The van der Waals surface area contributed by atoms with Crippen molar-refractivity contribution < 1.29 is 9.18 Å². The largest absolute Gasteiger partial charge is 0.355 e. The summed E-state index contributed by atoms with van der Waals surface area (Å²) in [4.78, 5) is 11.8. The van der Waals surface area contributed by atoms with Gasteiger partial charge in [-0.25, -0.2) is 4.39 Å². The summed E-state index contributed by atoms with van der Waals surface area (Å²) in [6.07, 6.45) is 0. The van der Waals surface area contributed by atoms with Gasteiger partial charge in [-0.2, -0.15) is 11.8 Å². The molecular formula is C18H18Cl2FNOS2. The molecule has 0 bridgehead atoms. The first-order valence-electron chi connectivity index (χ1n) is 7.66. The Morgan fingerprint density at radius 3 is 2.56 bits per heavy atom. The molecule has 0 saturated carbocycles. The maximum atomic E-state index is 13.6. The molecule has 0 unspecified atom stereocenters. The third-order valence-corrected chi connectivity index (χ3v) is 5.88. The number of thioether (sulfide) groups is 2. The molecule has 134 valence electrons. The van der Waals surface area contributed by atoms with Crippen LogP contribution in [-0.2, 0) is 16.3 Å². The molecule has 0 aliphatic rings. The first kappa shape index (κ1) is 20.4. The molecule has 1 N–H and O–H groups in total. The molecule has 2 rings (SSSR count). The van der Waals surface area contributed by atoms with Crippen molar-refractivity contribution in [3.63, 3.8) is 0 Å². The summed E-state index contributed by atoms with van der Waals surface area (Å²) in [7, 11) is 0. The van der Waals surface area contributed by atoms with Gasteiger partial charge in [-0.05, 0) is 29.3 Å². The number of nitrogens with one attached hydrogen (secondary N) is 1. The molecule has 7 heteroatoms. The third-order valence-electron chi connectivity index (χ3n) is 3.29. The Kier molecular flexibility index (Phi) is 8.96. The van der Waals surface area contributed by atoms with Gasteiger partial charge in [0.05, 0.1) is 5.75 Å². The lowest BCUT2D eigenvalue weighted by atomic mass is 10.2. The highest BCUT2D eigenvalue weighted by Gasteiger charge is 2.06. The Hall–Kier alpha value is -0.880. The third kappa shape index (κ3) is 7.48. The number of hydrogen-bond donors (Lipinski definition) is 1. The molecule has 0 aliphatic carbocycles. The smallest absolute Gasteiger partial charge is 0.230 e. The van der Waals surface area contributed by atoms with Gasteiger partial charge in [0.15, 0.2) is 0 Å². The summed E-state index contributed by atoms with van der Waals surface area (Å²) in [5, 5.41) is 4.01. The number of benzene rings is 2. The number of carbonyl (C=O) groups excluding carboxylic acids is 1. The molecule has 25 heavy (non-hydrogen) atoms. The normalized spacial score (nSPS) is 10.7. The molecule has 2 aromatic rings. The Bertz CT molecular complexity index is 715. The molecule has 0 atom stereocenters. The lowest BCUT2D eigenvalue weighted by Crippen LogP contribution is -2.27. The highest BCUT2D eigenvalue weighted by Crippen LogP contribution is 2.21. The maximum absolute atomic E-state index is 13.6. The van der Waals surface area contributed by atoms with E-state index in [0.717, 1.165) is 22.1 Å². The molecule has 2 nitrogen and oxygen atoms in total. The van der Waals surface area contributed by atoms with E-state index in [1.165, 1.54) is 17.8 Å². The molecule has 0 saturated heterocycles. The van der Waals surface area contributed by atoms with Crippen LogP contribution in [0.25, 0.3) is 0 Å². The highest BCUT2D eigenvalue weighted by molar-refractivity contribution is 7.99. The summed E-state index contributed by atoms with van der Waals surface area (Å²) in [5.41, 5.74) is 1.65. The van der Waals surface area contributed by atoms with Crippen LogP contribution < -0.4 is 5.32 Å². The SMILES string of the molecule is O=C(CSCc1ccc(Cl)cc1F)NCCSCc1ccccc1Cl. The Morgan fingerprint density at radius 1 is 1.04 bits per heavy atom. The minimum absolute atomic E-state index is 0.0438.